The number of rotatable bonds is 6. The molecule has 0 aromatic heterocycles. The van der Waals surface area contributed by atoms with Crippen molar-refractivity contribution in [1.29, 1.82) is 0 Å². The van der Waals surface area contributed by atoms with Gasteiger partial charge in [0, 0.05) is 18.8 Å². The van der Waals surface area contributed by atoms with Crippen LogP contribution in [0.15, 0.2) is 18.2 Å². The first-order valence-corrected chi connectivity index (χ1v) is 8.29. The molecule has 21 heavy (non-hydrogen) atoms. The van der Waals surface area contributed by atoms with Crippen molar-refractivity contribution < 1.29 is 5.11 Å². The molecule has 0 aliphatic carbocycles. The molecule has 1 aromatic carbocycles. The summed E-state index contributed by atoms with van der Waals surface area (Å²) >= 11 is 0. The van der Waals surface area contributed by atoms with Crippen LogP contribution in [-0.4, -0.2) is 30.8 Å². The van der Waals surface area contributed by atoms with Gasteiger partial charge in [0.15, 0.2) is 0 Å². The summed E-state index contributed by atoms with van der Waals surface area (Å²) in [5.74, 6) is 0.684. The molecule has 1 atom stereocenters. The molecular weight excluding hydrogens is 260 g/mol. The normalized spacial score (nSPS) is 19.3. The Kier molecular flexibility index (Phi) is 6.07. The van der Waals surface area contributed by atoms with E-state index in [2.05, 4.69) is 49.2 Å². The summed E-state index contributed by atoms with van der Waals surface area (Å²) in [6.07, 6.45) is 3.57. The van der Waals surface area contributed by atoms with Crippen LogP contribution < -0.4 is 10.2 Å². The van der Waals surface area contributed by atoms with Gasteiger partial charge in [-0.15, -0.1) is 0 Å². The van der Waals surface area contributed by atoms with E-state index in [1.54, 1.807) is 0 Å². The third kappa shape index (κ3) is 4.45. The SMILES string of the molecule is Cc1cc(N2CCCCC2CO)ccc1CNCC(C)C. The maximum atomic E-state index is 9.56. The van der Waals surface area contributed by atoms with Gasteiger partial charge in [-0.2, -0.15) is 0 Å². The second kappa shape index (κ2) is 7.81. The fraction of sp³-hybridized carbons (Fsp3) is 0.667. The topological polar surface area (TPSA) is 35.5 Å². The molecule has 3 nitrogen and oxygen atoms in total. The van der Waals surface area contributed by atoms with Crippen LogP contribution in [0.4, 0.5) is 5.69 Å². The second-order valence-corrected chi connectivity index (χ2v) is 6.66. The first-order chi connectivity index (χ1) is 10.1. The molecule has 0 radical (unpaired) electrons. The van der Waals surface area contributed by atoms with E-state index < -0.39 is 0 Å². The van der Waals surface area contributed by atoms with E-state index in [4.69, 9.17) is 0 Å². The summed E-state index contributed by atoms with van der Waals surface area (Å²) in [4.78, 5) is 2.38. The molecule has 0 amide bonds. The molecule has 0 bridgehead atoms. The fourth-order valence-corrected chi connectivity index (χ4v) is 3.08. The second-order valence-electron chi connectivity index (χ2n) is 6.66. The lowest BCUT2D eigenvalue weighted by atomic mass is 10.00. The standard InChI is InChI=1S/C18H30N2O/c1-14(2)11-19-12-16-7-8-17(10-15(16)3)20-9-5-4-6-18(20)13-21/h7-8,10,14,18-19,21H,4-6,9,11-13H2,1-3H3. The summed E-state index contributed by atoms with van der Waals surface area (Å²) in [7, 11) is 0. The van der Waals surface area contributed by atoms with E-state index in [-0.39, 0.29) is 6.61 Å². The number of hydrogen-bond acceptors (Lipinski definition) is 3. The summed E-state index contributed by atoms with van der Waals surface area (Å²) in [5.41, 5.74) is 3.97. The van der Waals surface area contributed by atoms with Gasteiger partial charge in [0.1, 0.15) is 0 Å². The van der Waals surface area contributed by atoms with Gasteiger partial charge in [-0.3, -0.25) is 0 Å². The van der Waals surface area contributed by atoms with E-state index in [9.17, 15) is 5.11 Å². The molecule has 2 rings (SSSR count). The lowest BCUT2D eigenvalue weighted by molar-refractivity contribution is 0.240. The lowest BCUT2D eigenvalue weighted by Crippen LogP contribution is -2.41. The number of nitrogens with one attached hydrogen (secondary N) is 1. The van der Waals surface area contributed by atoms with Gasteiger partial charge >= 0.3 is 0 Å². The molecule has 118 valence electrons. The lowest BCUT2D eigenvalue weighted by Gasteiger charge is -2.36. The first-order valence-electron chi connectivity index (χ1n) is 8.29. The number of piperidine rings is 1. The highest BCUT2D eigenvalue weighted by Crippen LogP contribution is 2.26. The summed E-state index contributed by atoms with van der Waals surface area (Å²) in [6.45, 7) is 9.97. The smallest absolute Gasteiger partial charge is 0.0635 e. The number of aryl methyl sites for hydroxylation is 1. The third-order valence-corrected chi connectivity index (χ3v) is 4.36. The molecule has 1 aliphatic rings. The fourth-order valence-electron chi connectivity index (χ4n) is 3.08. The van der Waals surface area contributed by atoms with Crippen LogP contribution in [0, 0.1) is 12.8 Å². The maximum Gasteiger partial charge on any atom is 0.0635 e. The van der Waals surface area contributed by atoms with Gasteiger partial charge in [0.05, 0.1) is 12.6 Å². The van der Waals surface area contributed by atoms with E-state index in [0.717, 1.165) is 26.1 Å². The molecule has 1 aromatic rings. The Morgan fingerprint density at radius 1 is 1.33 bits per heavy atom. The van der Waals surface area contributed by atoms with Crippen LogP contribution >= 0.6 is 0 Å². The van der Waals surface area contributed by atoms with Gasteiger partial charge in [-0.1, -0.05) is 19.9 Å². The zero-order chi connectivity index (χ0) is 15.2. The van der Waals surface area contributed by atoms with Crippen LogP contribution in [0.25, 0.3) is 0 Å². The first kappa shape index (κ1) is 16.3. The highest BCUT2D eigenvalue weighted by molar-refractivity contribution is 5.52. The molecule has 1 unspecified atom stereocenters. The van der Waals surface area contributed by atoms with Crippen molar-refractivity contribution in [2.24, 2.45) is 5.92 Å². The Morgan fingerprint density at radius 3 is 2.81 bits per heavy atom. The zero-order valence-electron chi connectivity index (χ0n) is 13.7. The predicted octanol–water partition coefficient (Wildman–Crippen LogP) is 3.09. The van der Waals surface area contributed by atoms with E-state index in [1.807, 2.05) is 0 Å². The number of nitrogens with zero attached hydrogens (tertiary/aromatic N) is 1. The number of hydrogen-bond donors (Lipinski definition) is 2. The monoisotopic (exact) mass is 290 g/mol. The van der Waals surface area contributed by atoms with Crippen LogP contribution in [-0.2, 0) is 6.54 Å². The Labute approximate surface area is 129 Å². The van der Waals surface area contributed by atoms with Crippen molar-refractivity contribution in [3.8, 4) is 0 Å². The third-order valence-electron chi connectivity index (χ3n) is 4.36. The van der Waals surface area contributed by atoms with Gasteiger partial charge < -0.3 is 15.3 Å². The highest BCUT2D eigenvalue weighted by atomic mass is 16.3. The Balaban J connectivity index is 2.03. The van der Waals surface area contributed by atoms with E-state index in [1.165, 1.54) is 29.7 Å². The van der Waals surface area contributed by atoms with Crippen molar-refractivity contribution in [2.45, 2.75) is 52.6 Å². The molecular formula is C18H30N2O. The summed E-state index contributed by atoms with van der Waals surface area (Å²) < 4.78 is 0. The summed E-state index contributed by atoms with van der Waals surface area (Å²) in [5, 5.41) is 13.1. The number of benzene rings is 1. The minimum Gasteiger partial charge on any atom is -0.394 e. The number of aliphatic hydroxyl groups is 1. The maximum absolute atomic E-state index is 9.56. The molecule has 0 spiro atoms. The van der Waals surface area contributed by atoms with Gasteiger partial charge in [0.25, 0.3) is 0 Å². The van der Waals surface area contributed by atoms with Crippen LogP contribution in [0.1, 0.15) is 44.2 Å². The molecule has 3 heteroatoms. The molecule has 1 fully saturated rings. The van der Waals surface area contributed by atoms with Crippen LogP contribution in [0.2, 0.25) is 0 Å². The van der Waals surface area contributed by atoms with E-state index >= 15 is 0 Å². The summed E-state index contributed by atoms with van der Waals surface area (Å²) in [6, 6.07) is 7.03. The predicted molar refractivity (Wildman–Crippen MR) is 89.8 cm³/mol. The number of anilines is 1. The molecule has 1 saturated heterocycles. The average molecular weight is 290 g/mol. The molecule has 1 heterocycles. The average Bonchev–Trinajstić information content (AvgIpc) is 2.48. The van der Waals surface area contributed by atoms with E-state index in [0.29, 0.717) is 12.0 Å². The minimum absolute atomic E-state index is 0.261. The highest BCUT2D eigenvalue weighted by Gasteiger charge is 2.22. The Hall–Kier alpha value is -1.06. The minimum atomic E-state index is 0.261. The zero-order valence-corrected chi connectivity index (χ0v) is 13.7. The van der Waals surface area contributed by atoms with Crippen molar-refractivity contribution in [1.82, 2.24) is 5.32 Å². The Bertz CT molecular complexity index is 445. The van der Waals surface area contributed by atoms with Crippen molar-refractivity contribution >= 4 is 5.69 Å². The molecule has 0 saturated carbocycles. The Morgan fingerprint density at radius 2 is 2.14 bits per heavy atom. The number of aliphatic hydroxyl groups excluding tert-OH is 1. The van der Waals surface area contributed by atoms with Crippen LogP contribution in [0.3, 0.4) is 0 Å². The molecule has 2 N–H and O–H groups in total. The molecule has 1 aliphatic heterocycles. The van der Waals surface area contributed by atoms with Crippen LogP contribution in [0.5, 0.6) is 0 Å². The van der Waals surface area contributed by atoms with Crippen molar-refractivity contribution in [3.05, 3.63) is 29.3 Å². The van der Waals surface area contributed by atoms with Gasteiger partial charge in [0.2, 0.25) is 0 Å². The largest absolute Gasteiger partial charge is 0.394 e. The quantitative estimate of drug-likeness (QED) is 0.845. The van der Waals surface area contributed by atoms with Crippen molar-refractivity contribution in [3.63, 3.8) is 0 Å². The van der Waals surface area contributed by atoms with Crippen molar-refractivity contribution in [2.75, 3.05) is 24.6 Å². The van der Waals surface area contributed by atoms with Gasteiger partial charge in [-0.05, 0) is 61.9 Å². The van der Waals surface area contributed by atoms with Gasteiger partial charge in [-0.25, -0.2) is 0 Å².